The monoisotopic (exact) mass is 313 g/mol. The predicted octanol–water partition coefficient (Wildman–Crippen LogP) is 1.90. The molecule has 0 heterocycles. The molecular weight excluding hydrogens is 290 g/mol. The summed E-state index contributed by atoms with van der Waals surface area (Å²) in [7, 11) is -2.25. The molecular formula is C15H23NO4S. The lowest BCUT2D eigenvalue weighted by molar-refractivity contribution is 0.280. The van der Waals surface area contributed by atoms with Crippen molar-refractivity contribution < 1.29 is 18.3 Å². The molecule has 0 bridgehead atoms. The quantitative estimate of drug-likeness (QED) is 0.870. The average molecular weight is 313 g/mol. The third kappa shape index (κ3) is 2.56. The van der Waals surface area contributed by atoms with Crippen LogP contribution in [0.5, 0.6) is 5.75 Å². The van der Waals surface area contributed by atoms with E-state index in [1.54, 1.807) is 6.07 Å². The molecule has 1 aliphatic carbocycles. The van der Waals surface area contributed by atoms with Crippen LogP contribution in [0, 0.1) is 10.8 Å². The van der Waals surface area contributed by atoms with Crippen LogP contribution in [0.25, 0.3) is 0 Å². The average Bonchev–Trinajstić information content (AvgIpc) is 2.79. The summed E-state index contributed by atoms with van der Waals surface area (Å²) in [6, 6.07) is 4.48. The minimum absolute atomic E-state index is 0.0850. The van der Waals surface area contributed by atoms with Crippen molar-refractivity contribution in [3.63, 3.8) is 0 Å². The van der Waals surface area contributed by atoms with Gasteiger partial charge >= 0.3 is 0 Å². The van der Waals surface area contributed by atoms with Crippen molar-refractivity contribution >= 4 is 10.0 Å². The van der Waals surface area contributed by atoms with Gasteiger partial charge in [0.2, 0.25) is 10.0 Å². The minimum atomic E-state index is -3.66. The van der Waals surface area contributed by atoms with Crippen LogP contribution >= 0.6 is 0 Å². The van der Waals surface area contributed by atoms with Gasteiger partial charge in [0, 0.05) is 6.04 Å². The number of benzene rings is 1. The molecule has 0 saturated heterocycles. The number of hydrogen-bond donors (Lipinski definition) is 2. The summed E-state index contributed by atoms with van der Waals surface area (Å²) in [5.74, 6) is 0.241. The lowest BCUT2D eigenvalue weighted by Crippen LogP contribution is -2.30. The topological polar surface area (TPSA) is 75.6 Å². The molecule has 0 spiro atoms. The third-order valence-corrected chi connectivity index (χ3v) is 6.46. The molecule has 0 aliphatic heterocycles. The molecule has 0 aromatic heterocycles. The first-order valence-corrected chi connectivity index (χ1v) is 8.36. The van der Waals surface area contributed by atoms with Gasteiger partial charge in [-0.3, -0.25) is 0 Å². The Morgan fingerprint density at radius 2 is 1.81 bits per heavy atom. The highest BCUT2D eigenvalue weighted by Crippen LogP contribution is 2.63. The number of sulfonamides is 1. The third-order valence-electron chi connectivity index (χ3n) is 4.99. The Hall–Kier alpha value is -1.11. The Bertz CT molecular complexity index is 636. The smallest absolute Gasteiger partial charge is 0.244 e. The lowest BCUT2D eigenvalue weighted by Gasteiger charge is -2.12. The van der Waals surface area contributed by atoms with Crippen LogP contribution in [0.3, 0.4) is 0 Å². The Kier molecular flexibility index (Phi) is 3.85. The molecule has 21 heavy (non-hydrogen) atoms. The molecule has 0 amide bonds. The first-order valence-electron chi connectivity index (χ1n) is 6.88. The van der Waals surface area contributed by atoms with E-state index in [2.05, 4.69) is 4.72 Å². The Morgan fingerprint density at radius 3 is 2.24 bits per heavy atom. The number of aliphatic hydroxyl groups excluding tert-OH is 1. The van der Waals surface area contributed by atoms with Crippen LogP contribution < -0.4 is 9.46 Å². The van der Waals surface area contributed by atoms with E-state index in [4.69, 9.17) is 9.84 Å². The van der Waals surface area contributed by atoms with Crippen LogP contribution in [0.2, 0.25) is 0 Å². The SMILES string of the molecule is COc1cc(CO)ccc1S(=O)(=O)NC1C(C)(C)C1(C)C. The molecule has 0 radical (unpaired) electrons. The Balaban J connectivity index is 2.33. The first kappa shape index (κ1) is 16.3. The minimum Gasteiger partial charge on any atom is -0.495 e. The second-order valence-corrected chi connectivity index (χ2v) is 8.32. The summed E-state index contributed by atoms with van der Waals surface area (Å²) < 4.78 is 33.1. The van der Waals surface area contributed by atoms with Crippen LogP contribution in [-0.4, -0.2) is 26.7 Å². The number of hydrogen-bond acceptors (Lipinski definition) is 4. The van der Waals surface area contributed by atoms with Gasteiger partial charge in [0.1, 0.15) is 10.6 Å². The van der Waals surface area contributed by atoms with Gasteiger partial charge in [-0.25, -0.2) is 13.1 Å². The summed E-state index contributed by atoms with van der Waals surface area (Å²) in [6.45, 7) is 8.03. The normalized spacial score (nSPS) is 20.3. The molecule has 2 rings (SSSR count). The molecule has 1 saturated carbocycles. The van der Waals surface area contributed by atoms with E-state index in [-0.39, 0.29) is 34.1 Å². The highest BCUT2D eigenvalue weighted by Gasteiger charge is 2.66. The van der Waals surface area contributed by atoms with E-state index < -0.39 is 10.0 Å². The zero-order chi connectivity index (χ0) is 16.1. The highest BCUT2D eigenvalue weighted by molar-refractivity contribution is 7.89. The number of methoxy groups -OCH3 is 1. The first-order chi connectivity index (χ1) is 9.57. The van der Waals surface area contributed by atoms with Crippen LogP contribution in [0.4, 0.5) is 0 Å². The van der Waals surface area contributed by atoms with Gasteiger partial charge in [0.15, 0.2) is 0 Å². The van der Waals surface area contributed by atoms with Crippen LogP contribution in [-0.2, 0) is 16.6 Å². The fourth-order valence-electron chi connectivity index (χ4n) is 2.74. The van der Waals surface area contributed by atoms with Gasteiger partial charge in [-0.15, -0.1) is 0 Å². The van der Waals surface area contributed by atoms with E-state index in [0.717, 1.165) is 0 Å². The summed E-state index contributed by atoms with van der Waals surface area (Å²) in [5.41, 5.74) is 0.439. The van der Waals surface area contributed by atoms with Gasteiger partial charge in [-0.2, -0.15) is 0 Å². The van der Waals surface area contributed by atoms with E-state index in [1.165, 1.54) is 19.2 Å². The van der Waals surface area contributed by atoms with Crippen molar-refractivity contribution in [3.05, 3.63) is 23.8 Å². The summed E-state index contributed by atoms with van der Waals surface area (Å²) in [6.07, 6.45) is 0. The molecule has 1 aromatic rings. The van der Waals surface area contributed by atoms with Crippen LogP contribution in [0.1, 0.15) is 33.3 Å². The van der Waals surface area contributed by atoms with E-state index in [1.807, 2.05) is 27.7 Å². The van der Waals surface area contributed by atoms with Crippen LogP contribution in [0.15, 0.2) is 23.1 Å². The highest BCUT2D eigenvalue weighted by atomic mass is 32.2. The Morgan fingerprint density at radius 1 is 1.24 bits per heavy atom. The largest absolute Gasteiger partial charge is 0.495 e. The van der Waals surface area contributed by atoms with Crippen molar-refractivity contribution in [1.82, 2.24) is 4.72 Å². The van der Waals surface area contributed by atoms with E-state index in [0.29, 0.717) is 5.56 Å². The maximum absolute atomic E-state index is 12.6. The second-order valence-electron chi connectivity index (χ2n) is 6.64. The summed E-state index contributed by atoms with van der Waals surface area (Å²) in [4.78, 5) is 0.0979. The molecule has 1 aromatic carbocycles. The predicted molar refractivity (Wildman–Crippen MR) is 80.6 cm³/mol. The zero-order valence-corrected chi connectivity index (χ0v) is 13.9. The van der Waals surface area contributed by atoms with Crippen molar-refractivity contribution in [2.75, 3.05) is 7.11 Å². The number of nitrogens with one attached hydrogen (secondary N) is 1. The van der Waals surface area contributed by atoms with Crippen molar-refractivity contribution in [2.24, 2.45) is 10.8 Å². The van der Waals surface area contributed by atoms with Gasteiger partial charge in [-0.05, 0) is 28.5 Å². The number of ether oxygens (including phenoxy) is 1. The number of aliphatic hydroxyl groups is 1. The fraction of sp³-hybridized carbons (Fsp3) is 0.600. The van der Waals surface area contributed by atoms with Crippen molar-refractivity contribution in [2.45, 2.75) is 45.2 Å². The van der Waals surface area contributed by atoms with Crippen molar-refractivity contribution in [3.8, 4) is 5.75 Å². The maximum Gasteiger partial charge on any atom is 0.244 e. The molecule has 2 N–H and O–H groups in total. The summed E-state index contributed by atoms with van der Waals surface area (Å²) in [5, 5.41) is 9.12. The fourth-order valence-corrected chi connectivity index (χ4v) is 4.42. The van der Waals surface area contributed by atoms with E-state index >= 15 is 0 Å². The molecule has 0 unspecified atom stereocenters. The van der Waals surface area contributed by atoms with E-state index in [9.17, 15) is 8.42 Å². The Labute approximate surface area is 126 Å². The molecule has 0 atom stereocenters. The van der Waals surface area contributed by atoms with Crippen molar-refractivity contribution in [1.29, 1.82) is 0 Å². The van der Waals surface area contributed by atoms with Gasteiger partial charge < -0.3 is 9.84 Å². The van der Waals surface area contributed by atoms with Gasteiger partial charge in [0.25, 0.3) is 0 Å². The standard InChI is InChI=1S/C15H23NO4S/c1-14(2)13(15(14,3)4)16-21(18,19)12-7-6-10(9-17)8-11(12)20-5/h6-8,13,16-17H,9H2,1-5H3. The van der Waals surface area contributed by atoms with Gasteiger partial charge in [0.05, 0.1) is 13.7 Å². The summed E-state index contributed by atoms with van der Waals surface area (Å²) >= 11 is 0. The number of rotatable bonds is 5. The molecule has 118 valence electrons. The zero-order valence-electron chi connectivity index (χ0n) is 13.1. The lowest BCUT2D eigenvalue weighted by atomic mass is 10.0. The van der Waals surface area contributed by atoms with Gasteiger partial charge in [-0.1, -0.05) is 33.8 Å². The molecule has 1 fully saturated rings. The molecule has 5 nitrogen and oxygen atoms in total. The maximum atomic E-state index is 12.6. The molecule has 1 aliphatic rings. The second kappa shape index (κ2) is 4.97. The molecule has 6 heteroatoms.